The van der Waals surface area contributed by atoms with Gasteiger partial charge in [0.05, 0.1) is 0 Å². The van der Waals surface area contributed by atoms with E-state index in [1.165, 1.54) is 0 Å². The lowest BCUT2D eigenvalue weighted by Gasteiger charge is -2.09. The Morgan fingerprint density at radius 2 is 1.95 bits per heavy atom. The highest BCUT2D eigenvalue weighted by Crippen LogP contribution is 2.23. The van der Waals surface area contributed by atoms with Crippen LogP contribution in [0.25, 0.3) is 10.9 Å². The summed E-state index contributed by atoms with van der Waals surface area (Å²) in [5.41, 5.74) is 7.63. The number of fused-ring (bicyclic) bond motifs is 1. The van der Waals surface area contributed by atoms with Crippen LogP contribution in [-0.2, 0) is 6.61 Å². The number of nitrogens with two attached hydrogens (primary N) is 1. The molecule has 0 aliphatic heterocycles. The molecule has 0 atom stereocenters. The summed E-state index contributed by atoms with van der Waals surface area (Å²) in [6.07, 6.45) is 3.37. The van der Waals surface area contributed by atoms with Gasteiger partial charge in [0.2, 0.25) is 0 Å². The van der Waals surface area contributed by atoms with Gasteiger partial charge in [-0.25, -0.2) is 0 Å². The van der Waals surface area contributed by atoms with Crippen molar-refractivity contribution in [1.29, 1.82) is 5.41 Å². The van der Waals surface area contributed by atoms with Crippen molar-refractivity contribution in [2.75, 3.05) is 0 Å². The average molecular weight is 278 g/mol. The lowest BCUT2D eigenvalue weighted by Crippen LogP contribution is -2.13. The number of rotatable bonds is 4. The van der Waals surface area contributed by atoms with Crippen LogP contribution in [0.2, 0.25) is 0 Å². The molecule has 0 saturated carbocycles. The molecule has 2 aromatic heterocycles. The molecule has 0 amide bonds. The fourth-order valence-electron chi connectivity index (χ4n) is 2.07. The normalized spacial score (nSPS) is 10.5. The maximum absolute atomic E-state index is 7.40. The molecule has 3 rings (SSSR count). The van der Waals surface area contributed by atoms with Crippen molar-refractivity contribution in [3.8, 4) is 5.75 Å². The van der Waals surface area contributed by atoms with Crippen LogP contribution in [-0.4, -0.2) is 15.8 Å². The molecule has 0 spiro atoms. The molecule has 1 aromatic carbocycles. The van der Waals surface area contributed by atoms with E-state index in [-0.39, 0.29) is 5.84 Å². The maximum atomic E-state index is 7.40. The zero-order chi connectivity index (χ0) is 14.7. The Kier molecular flexibility index (Phi) is 3.47. The van der Waals surface area contributed by atoms with E-state index in [9.17, 15) is 0 Å². The lowest BCUT2D eigenvalue weighted by molar-refractivity contribution is 0.309. The van der Waals surface area contributed by atoms with Crippen LogP contribution in [0.1, 0.15) is 11.3 Å². The molecule has 0 bridgehead atoms. The summed E-state index contributed by atoms with van der Waals surface area (Å²) in [4.78, 5) is 8.37. The first-order chi connectivity index (χ1) is 10.2. The second-order valence-corrected chi connectivity index (χ2v) is 4.58. The number of nitrogens with zero attached hydrogens (tertiary/aromatic N) is 2. The quantitative estimate of drug-likeness (QED) is 0.567. The number of nitrogen functional groups attached to an aromatic ring is 1. The van der Waals surface area contributed by atoms with E-state index in [0.717, 1.165) is 22.2 Å². The highest BCUT2D eigenvalue weighted by molar-refractivity contribution is 5.93. The molecule has 104 valence electrons. The van der Waals surface area contributed by atoms with Gasteiger partial charge in [0.15, 0.2) is 0 Å². The average Bonchev–Trinajstić information content (AvgIpc) is 2.53. The molecule has 0 fully saturated rings. The number of hydrogen-bond acceptors (Lipinski definition) is 4. The lowest BCUT2D eigenvalue weighted by atomic mass is 10.2. The predicted molar refractivity (Wildman–Crippen MR) is 81.3 cm³/mol. The first-order valence-electron chi connectivity index (χ1n) is 6.50. The van der Waals surface area contributed by atoms with E-state index in [0.29, 0.717) is 12.3 Å². The van der Waals surface area contributed by atoms with Gasteiger partial charge in [0, 0.05) is 17.8 Å². The van der Waals surface area contributed by atoms with Gasteiger partial charge in [-0.05, 0) is 29.8 Å². The highest BCUT2D eigenvalue weighted by atomic mass is 16.5. The Morgan fingerprint density at radius 1 is 1.10 bits per heavy atom. The van der Waals surface area contributed by atoms with Crippen LogP contribution in [0.4, 0.5) is 0 Å². The smallest absolute Gasteiger partial charge is 0.146 e. The number of pyridine rings is 2. The summed E-state index contributed by atoms with van der Waals surface area (Å²) in [7, 11) is 0. The SMILES string of the molecule is N=C(N)c1cc(COc2cccc3cccnc23)ccn1. The Bertz CT molecular complexity index is 796. The first kappa shape index (κ1) is 13.1. The topological polar surface area (TPSA) is 84.9 Å². The number of ether oxygens (including phenoxy) is 1. The number of nitrogens with one attached hydrogen (secondary N) is 1. The van der Waals surface area contributed by atoms with E-state index in [4.69, 9.17) is 15.9 Å². The Morgan fingerprint density at radius 3 is 2.81 bits per heavy atom. The van der Waals surface area contributed by atoms with Gasteiger partial charge < -0.3 is 10.5 Å². The second kappa shape index (κ2) is 5.58. The van der Waals surface area contributed by atoms with E-state index < -0.39 is 0 Å². The fraction of sp³-hybridized carbons (Fsp3) is 0.0625. The van der Waals surface area contributed by atoms with Crippen molar-refractivity contribution in [3.05, 3.63) is 66.1 Å². The van der Waals surface area contributed by atoms with Crippen molar-refractivity contribution >= 4 is 16.7 Å². The molecular weight excluding hydrogens is 264 g/mol. The summed E-state index contributed by atoms with van der Waals surface area (Å²) in [5.74, 6) is 0.679. The van der Waals surface area contributed by atoms with Crippen LogP contribution in [0.15, 0.2) is 54.9 Å². The molecule has 0 unspecified atom stereocenters. The third-order valence-corrected chi connectivity index (χ3v) is 3.09. The van der Waals surface area contributed by atoms with Crippen LogP contribution < -0.4 is 10.5 Å². The molecular formula is C16H14N4O. The Labute approximate surface area is 121 Å². The molecule has 5 heteroatoms. The molecule has 3 N–H and O–H groups in total. The number of benzene rings is 1. The van der Waals surface area contributed by atoms with Gasteiger partial charge in [-0.3, -0.25) is 15.4 Å². The Hall–Kier alpha value is -2.95. The molecule has 3 aromatic rings. The van der Waals surface area contributed by atoms with Gasteiger partial charge in [0.1, 0.15) is 29.4 Å². The van der Waals surface area contributed by atoms with Crippen LogP contribution in [0, 0.1) is 5.41 Å². The number of aromatic nitrogens is 2. The maximum Gasteiger partial charge on any atom is 0.146 e. The third-order valence-electron chi connectivity index (χ3n) is 3.09. The molecule has 0 aliphatic rings. The predicted octanol–water partition coefficient (Wildman–Crippen LogP) is 2.49. The van der Waals surface area contributed by atoms with Gasteiger partial charge in [-0.2, -0.15) is 0 Å². The van der Waals surface area contributed by atoms with Crippen molar-refractivity contribution in [1.82, 2.24) is 9.97 Å². The summed E-state index contributed by atoms with van der Waals surface area (Å²) < 4.78 is 5.84. The molecule has 21 heavy (non-hydrogen) atoms. The van der Waals surface area contributed by atoms with Crippen LogP contribution in [0.3, 0.4) is 0 Å². The monoisotopic (exact) mass is 278 g/mol. The van der Waals surface area contributed by atoms with Crippen molar-refractivity contribution in [3.63, 3.8) is 0 Å². The molecule has 0 aliphatic carbocycles. The molecule has 0 saturated heterocycles. The number of amidine groups is 1. The minimum Gasteiger partial charge on any atom is -0.487 e. The van der Waals surface area contributed by atoms with Crippen molar-refractivity contribution < 1.29 is 4.74 Å². The van der Waals surface area contributed by atoms with Crippen molar-refractivity contribution in [2.45, 2.75) is 6.61 Å². The first-order valence-corrected chi connectivity index (χ1v) is 6.50. The second-order valence-electron chi connectivity index (χ2n) is 4.58. The number of para-hydroxylation sites is 1. The zero-order valence-electron chi connectivity index (χ0n) is 11.3. The minimum atomic E-state index is -0.0522. The van der Waals surface area contributed by atoms with Gasteiger partial charge in [-0.1, -0.05) is 18.2 Å². The third kappa shape index (κ3) is 2.81. The summed E-state index contributed by atoms with van der Waals surface area (Å²) in [5, 5.41) is 8.44. The van der Waals surface area contributed by atoms with Gasteiger partial charge in [-0.15, -0.1) is 0 Å². The summed E-state index contributed by atoms with van der Waals surface area (Å²) in [6, 6.07) is 13.3. The zero-order valence-corrected chi connectivity index (χ0v) is 11.3. The standard InChI is InChI=1S/C16H14N4O/c17-16(18)13-9-11(6-8-19-13)10-21-14-5-1-3-12-4-2-7-20-15(12)14/h1-9H,10H2,(H3,17,18). The van der Waals surface area contributed by atoms with Crippen molar-refractivity contribution in [2.24, 2.45) is 5.73 Å². The van der Waals surface area contributed by atoms with E-state index in [2.05, 4.69) is 9.97 Å². The van der Waals surface area contributed by atoms with Crippen LogP contribution >= 0.6 is 0 Å². The Balaban J connectivity index is 1.84. The molecule has 2 heterocycles. The minimum absolute atomic E-state index is 0.0522. The molecule has 0 radical (unpaired) electrons. The van der Waals surface area contributed by atoms with Gasteiger partial charge in [0.25, 0.3) is 0 Å². The largest absolute Gasteiger partial charge is 0.487 e. The van der Waals surface area contributed by atoms with E-state index >= 15 is 0 Å². The van der Waals surface area contributed by atoms with Crippen LogP contribution in [0.5, 0.6) is 5.75 Å². The van der Waals surface area contributed by atoms with E-state index in [1.54, 1.807) is 18.5 Å². The summed E-state index contributed by atoms with van der Waals surface area (Å²) >= 11 is 0. The number of hydrogen-bond donors (Lipinski definition) is 2. The molecule has 5 nitrogen and oxygen atoms in total. The van der Waals surface area contributed by atoms with E-state index in [1.807, 2.05) is 36.4 Å². The highest BCUT2D eigenvalue weighted by Gasteiger charge is 2.04. The van der Waals surface area contributed by atoms with Gasteiger partial charge >= 0.3 is 0 Å². The summed E-state index contributed by atoms with van der Waals surface area (Å²) in [6.45, 7) is 0.373. The fourth-order valence-corrected chi connectivity index (χ4v) is 2.07.